The van der Waals surface area contributed by atoms with Gasteiger partial charge in [0.1, 0.15) is 0 Å². The number of carbonyl (C=O) groups is 1. The molecule has 1 aliphatic heterocycles. The van der Waals surface area contributed by atoms with Gasteiger partial charge in [0.15, 0.2) is 0 Å². The first kappa shape index (κ1) is 23.7. The summed E-state index contributed by atoms with van der Waals surface area (Å²) in [6.45, 7) is 8.28. The second-order valence-corrected chi connectivity index (χ2v) is 10.0. The first-order valence-corrected chi connectivity index (χ1v) is 12.7. The van der Waals surface area contributed by atoms with Gasteiger partial charge in [-0.15, -0.1) is 0 Å². The Kier molecular flexibility index (Phi) is 9.43. The number of nitrogens with one attached hydrogen (secondary N) is 1. The molecule has 1 saturated heterocycles. The van der Waals surface area contributed by atoms with Crippen LogP contribution in [0.5, 0.6) is 0 Å². The number of rotatable bonds is 10. The number of anilines is 1. The van der Waals surface area contributed by atoms with Crippen LogP contribution in [0.1, 0.15) is 56.1 Å². The zero-order chi connectivity index (χ0) is 21.3. The van der Waals surface area contributed by atoms with E-state index >= 15 is 0 Å². The van der Waals surface area contributed by atoms with Gasteiger partial charge >= 0.3 is 0 Å². The molecule has 29 heavy (non-hydrogen) atoms. The van der Waals surface area contributed by atoms with Crippen molar-refractivity contribution in [2.24, 2.45) is 0 Å². The molecule has 0 aromatic heterocycles. The largest absolute Gasteiger partial charge is 0.356 e. The lowest BCUT2D eigenvalue weighted by atomic mass is 10.1. The Labute approximate surface area is 176 Å². The van der Waals surface area contributed by atoms with Crippen molar-refractivity contribution >= 4 is 21.6 Å². The van der Waals surface area contributed by atoms with E-state index in [0.29, 0.717) is 31.6 Å². The molecule has 1 heterocycles. The summed E-state index contributed by atoms with van der Waals surface area (Å²) in [6, 6.07) is 5.66. The Balaban J connectivity index is 1.74. The number of hydrogen-bond acceptors (Lipinski definition) is 4. The van der Waals surface area contributed by atoms with Crippen LogP contribution in [0.2, 0.25) is 0 Å². The Morgan fingerprint density at radius 1 is 1.10 bits per heavy atom. The molecule has 0 aliphatic carbocycles. The molecule has 1 amide bonds. The second kappa shape index (κ2) is 11.6. The number of carbonyl (C=O) groups excluding carboxylic acids is 1. The van der Waals surface area contributed by atoms with E-state index < -0.39 is 10.0 Å². The van der Waals surface area contributed by atoms with Gasteiger partial charge in [-0.25, -0.2) is 8.42 Å². The van der Waals surface area contributed by atoms with Crippen molar-refractivity contribution in [3.8, 4) is 0 Å². The first-order valence-electron chi connectivity index (χ1n) is 10.8. The third-order valence-electron chi connectivity index (χ3n) is 5.68. The number of hydrogen-bond donors (Lipinski definition) is 1. The third kappa shape index (κ3) is 7.97. The van der Waals surface area contributed by atoms with Crippen LogP contribution in [-0.4, -0.2) is 58.2 Å². The maximum absolute atomic E-state index is 12.3. The minimum Gasteiger partial charge on any atom is -0.356 e. The molecule has 164 valence electrons. The molecule has 0 unspecified atom stereocenters. The molecule has 0 radical (unpaired) electrons. The predicted octanol–water partition coefficient (Wildman–Crippen LogP) is 3.23. The van der Waals surface area contributed by atoms with Crippen LogP contribution < -0.4 is 9.62 Å². The smallest absolute Gasteiger partial charge is 0.232 e. The molecule has 1 aromatic rings. The Morgan fingerprint density at radius 3 is 2.45 bits per heavy atom. The summed E-state index contributed by atoms with van der Waals surface area (Å²) < 4.78 is 26.0. The molecule has 1 N–H and O–H groups in total. The average molecular weight is 424 g/mol. The SMILES string of the molecule is Cc1cccc(N(CCCC(=O)NCCCN2CCCCCC2)S(C)(=O)=O)c1C. The summed E-state index contributed by atoms with van der Waals surface area (Å²) in [5.41, 5.74) is 2.71. The molecule has 0 bridgehead atoms. The summed E-state index contributed by atoms with van der Waals surface area (Å²) in [5.74, 6) is -0.00437. The Morgan fingerprint density at radius 2 is 1.79 bits per heavy atom. The van der Waals surface area contributed by atoms with E-state index in [0.717, 1.165) is 24.1 Å². The maximum atomic E-state index is 12.3. The van der Waals surface area contributed by atoms with Crippen LogP contribution >= 0.6 is 0 Å². The van der Waals surface area contributed by atoms with E-state index in [4.69, 9.17) is 0 Å². The molecule has 7 heteroatoms. The molecule has 0 spiro atoms. The van der Waals surface area contributed by atoms with Crippen molar-refractivity contribution in [1.82, 2.24) is 10.2 Å². The monoisotopic (exact) mass is 423 g/mol. The van der Waals surface area contributed by atoms with Gasteiger partial charge in [0, 0.05) is 19.5 Å². The zero-order valence-electron chi connectivity index (χ0n) is 18.2. The minimum absolute atomic E-state index is 0.00437. The quantitative estimate of drug-likeness (QED) is 0.587. The van der Waals surface area contributed by atoms with Crippen molar-refractivity contribution in [1.29, 1.82) is 0 Å². The van der Waals surface area contributed by atoms with E-state index in [2.05, 4.69) is 10.2 Å². The molecule has 0 saturated carbocycles. The number of amides is 1. The zero-order valence-corrected chi connectivity index (χ0v) is 19.1. The van der Waals surface area contributed by atoms with Gasteiger partial charge in [0.25, 0.3) is 0 Å². The van der Waals surface area contributed by atoms with Gasteiger partial charge in [-0.3, -0.25) is 9.10 Å². The summed E-state index contributed by atoms with van der Waals surface area (Å²) >= 11 is 0. The predicted molar refractivity (Wildman–Crippen MR) is 120 cm³/mol. The number of likely N-dealkylation sites (tertiary alicyclic amines) is 1. The lowest BCUT2D eigenvalue weighted by Crippen LogP contribution is -2.33. The standard InChI is InChI=1S/C22H37N3O3S/c1-19-11-8-12-21(20(19)2)25(29(3,27)28)18-9-13-22(26)23-14-10-17-24-15-6-4-5-7-16-24/h8,11-12H,4-7,9-10,13-18H2,1-3H3,(H,23,26). The maximum Gasteiger partial charge on any atom is 0.232 e. The van der Waals surface area contributed by atoms with Crippen LogP contribution in [0.3, 0.4) is 0 Å². The van der Waals surface area contributed by atoms with Crippen molar-refractivity contribution in [3.63, 3.8) is 0 Å². The van der Waals surface area contributed by atoms with Crippen LogP contribution in [-0.2, 0) is 14.8 Å². The number of nitrogens with zero attached hydrogens (tertiary/aromatic N) is 2. The highest BCUT2D eigenvalue weighted by molar-refractivity contribution is 7.92. The van der Waals surface area contributed by atoms with Crippen molar-refractivity contribution < 1.29 is 13.2 Å². The lowest BCUT2D eigenvalue weighted by Gasteiger charge is -2.25. The van der Waals surface area contributed by atoms with Gasteiger partial charge < -0.3 is 10.2 Å². The fourth-order valence-corrected chi connectivity index (χ4v) is 4.85. The molecule has 2 rings (SSSR count). The molecular formula is C22H37N3O3S. The van der Waals surface area contributed by atoms with E-state index in [1.807, 2.05) is 32.0 Å². The molecule has 0 atom stereocenters. The van der Waals surface area contributed by atoms with Crippen molar-refractivity contribution in [2.75, 3.05) is 43.3 Å². The van der Waals surface area contributed by atoms with Gasteiger partial charge in [-0.2, -0.15) is 0 Å². The Hall–Kier alpha value is -1.60. The van der Waals surface area contributed by atoms with Crippen LogP contribution in [0.4, 0.5) is 5.69 Å². The van der Waals surface area contributed by atoms with Crippen molar-refractivity contribution in [2.45, 2.75) is 58.8 Å². The fourth-order valence-electron chi connectivity index (χ4n) is 3.83. The molecule has 6 nitrogen and oxygen atoms in total. The van der Waals surface area contributed by atoms with E-state index in [-0.39, 0.29) is 5.91 Å². The van der Waals surface area contributed by atoms with Gasteiger partial charge in [-0.1, -0.05) is 25.0 Å². The fraction of sp³-hybridized carbons (Fsp3) is 0.682. The average Bonchev–Trinajstić information content (AvgIpc) is 2.93. The minimum atomic E-state index is -3.40. The van der Waals surface area contributed by atoms with Crippen molar-refractivity contribution in [3.05, 3.63) is 29.3 Å². The van der Waals surface area contributed by atoms with Gasteiger partial charge in [0.2, 0.25) is 15.9 Å². The van der Waals surface area contributed by atoms with E-state index in [1.165, 1.54) is 49.3 Å². The number of benzene rings is 1. The van der Waals surface area contributed by atoms with E-state index in [1.54, 1.807) is 0 Å². The van der Waals surface area contributed by atoms with Gasteiger partial charge in [0.05, 0.1) is 11.9 Å². The molecule has 1 fully saturated rings. The number of aryl methyl sites for hydroxylation is 1. The van der Waals surface area contributed by atoms with E-state index in [9.17, 15) is 13.2 Å². The van der Waals surface area contributed by atoms with Crippen LogP contribution in [0, 0.1) is 13.8 Å². The molecule has 1 aromatic carbocycles. The van der Waals surface area contributed by atoms with Crippen LogP contribution in [0.15, 0.2) is 18.2 Å². The Bertz CT molecular complexity index is 757. The van der Waals surface area contributed by atoms with Gasteiger partial charge in [-0.05, 0) is 76.4 Å². The lowest BCUT2D eigenvalue weighted by molar-refractivity contribution is -0.121. The molecular weight excluding hydrogens is 386 g/mol. The summed E-state index contributed by atoms with van der Waals surface area (Å²) in [7, 11) is -3.40. The highest BCUT2D eigenvalue weighted by Crippen LogP contribution is 2.25. The topological polar surface area (TPSA) is 69.7 Å². The molecule has 1 aliphatic rings. The summed E-state index contributed by atoms with van der Waals surface area (Å²) in [4.78, 5) is 14.6. The second-order valence-electron chi connectivity index (χ2n) is 8.12. The third-order valence-corrected chi connectivity index (χ3v) is 6.86. The normalized spacial score (nSPS) is 15.7. The first-order chi connectivity index (χ1) is 13.8. The summed E-state index contributed by atoms with van der Waals surface area (Å²) in [5, 5.41) is 2.98. The van der Waals surface area contributed by atoms with Crippen LogP contribution in [0.25, 0.3) is 0 Å². The highest BCUT2D eigenvalue weighted by Gasteiger charge is 2.19. The summed E-state index contributed by atoms with van der Waals surface area (Å²) in [6.07, 6.45) is 8.24. The highest BCUT2D eigenvalue weighted by atomic mass is 32.2. The number of sulfonamides is 1.